The van der Waals surface area contributed by atoms with Gasteiger partial charge in [0.15, 0.2) is 0 Å². The molecule has 81 valence electrons. The molecule has 2 aliphatic rings. The standard InChI is InChI=1S/C6H15N.C2H2B9/c1-4-7(5-2)6-3;3-1-2(4-8-7-3)6-10-11-9-5-1/h4-6H2,1-3H3;1-2H. The highest BCUT2D eigenvalue weighted by Crippen LogP contribution is 2.22. The Morgan fingerprint density at radius 3 is 1.22 bits per heavy atom. The van der Waals surface area contributed by atoms with Crippen LogP contribution in [-0.2, 0) is 0 Å². The van der Waals surface area contributed by atoms with Crippen LogP contribution in [0.4, 0.5) is 0 Å². The number of hydrogen-bond donors (Lipinski definition) is 0. The molecule has 2 rings (SSSR count). The molecule has 0 aromatic carbocycles. The van der Waals surface area contributed by atoms with Crippen LogP contribution < -0.4 is 0 Å². The van der Waals surface area contributed by atoms with Crippen LogP contribution in [0.15, 0.2) is 0 Å². The summed E-state index contributed by atoms with van der Waals surface area (Å²) in [6.45, 7) is 10.1. The van der Waals surface area contributed by atoms with Crippen LogP contribution in [-0.4, -0.2) is 88.5 Å². The van der Waals surface area contributed by atoms with Crippen LogP contribution in [0.25, 0.3) is 0 Å². The second-order valence-electron chi connectivity index (χ2n) is 4.51. The minimum Gasteiger partial charge on any atom is -0.304 e. The van der Waals surface area contributed by atoms with Crippen molar-refractivity contribution in [2.45, 2.75) is 32.2 Å². The van der Waals surface area contributed by atoms with Gasteiger partial charge in [0.05, 0.1) is 0 Å². The molecule has 18 heavy (non-hydrogen) atoms. The fourth-order valence-electron chi connectivity index (χ4n) is 2.15. The van der Waals surface area contributed by atoms with Gasteiger partial charge in [-0.05, 0) is 19.6 Å². The van der Waals surface area contributed by atoms with Gasteiger partial charge in [-0.15, -0.1) is 11.4 Å². The second-order valence-corrected chi connectivity index (χ2v) is 4.51. The number of rotatable bonds is 3. The predicted molar refractivity (Wildman–Crippen MR) is 92.7 cm³/mol. The lowest BCUT2D eigenvalue weighted by molar-refractivity contribution is 0.321. The summed E-state index contributed by atoms with van der Waals surface area (Å²) in [6, 6.07) is 0. The van der Waals surface area contributed by atoms with Crippen LogP contribution in [0.3, 0.4) is 0 Å². The van der Waals surface area contributed by atoms with E-state index in [1.165, 1.54) is 19.6 Å². The Labute approximate surface area is 121 Å². The maximum atomic E-state index is 2.38. The summed E-state index contributed by atoms with van der Waals surface area (Å²) in [6.07, 6.45) is 0. The van der Waals surface area contributed by atoms with E-state index in [1.54, 1.807) is 0 Å². The molecule has 0 amide bonds. The lowest BCUT2D eigenvalue weighted by Crippen LogP contribution is -2.40. The Bertz CT molecular complexity index is 183. The highest BCUT2D eigenvalue weighted by Gasteiger charge is 2.27. The molecule has 2 atom stereocenters. The van der Waals surface area contributed by atoms with Gasteiger partial charge in [-0.1, -0.05) is 20.8 Å². The minimum atomic E-state index is 0.579. The van der Waals surface area contributed by atoms with Crippen molar-refractivity contribution in [1.29, 1.82) is 0 Å². The smallest absolute Gasteiger partial charge is 0.0458 e. The molecule has 0 N–H and O–H groups in total. The lowest BCUT2D eigenvalue weighted by atomic mass is 8.93. The Morgan fingerprint density at radius 2 is 0.944 bits per heavy atom. The topological polar surface area (TPSA) is 3.24 Å². The Hall–Kier alpha value is 0.544. The molecular weight excluding hydrogens is 207 g/mol. The van der Waals surface area contributed by atoms with Crippen LogP contribution in [0.5, 0.6) is 0 Å². The molecule has 0 aromatic heterocycles. The van der Waals surface area contributed by atoms with E-state index in [4.69, 9.17) is 0 Å². The van der Waals surface area contributed by atoms with Gasteiger partial charge in [-0.3, -0.25) is 0 Å². The number of nitrogens with zero attached hydrogens (tertiary/aromatic N) is 1. The zero-order valence-electron chi connectivity index (χ0n) is 11.9. The SMILES string of the molecule is CCN(CC)CC.[B]1[B][B]C2[B][B][B][B]C2[B][B]1. The average Bonchev–Trinajstić information content (AvgIpc) is 2.66. The summed E-state index contributed by atoms with van der Waals surface area (Å²) in [5.41, 5.74) is 1.16. The van der Waals surface area contributed by atoms with Gasteiger partial charge in [0.1, 0.15) is 0 Å². The molecule has 0 aromatic rings. The van der Waals surface area contributed by atoms with E-state index in [1.807, 2.05) is 0 Å². The van der Waals surface area contributed by atoms with Crippen LogP contribution >= 0.6 is 0 Å². The predicted octanol–water partition coefficient (Wildman–Crippen LogP) is -1.40. The quantitative estimate of drug-likeness (QED) is 0.533. The van der Waals surface area contributed by atoms with Gasteiger partial charge < -0.3 is 4.90 Å². The third kappa shape index (κ3) is 6.13. The van der Waals surface area contributed by atoms with Crippen molar-refractivity contribution in [3.63, 3.8) is 0 Å². The Morgan fingerprint density at radius 1 is 0.611 bits per heavy atom. The molecule has 2 fully saturated rings. The summed E-state index contributed by atoms with van der Waals surface area (Å²) >= 11 is 0. The third-order valence-electron chi connectivity index (χ3n) is 3.45. The molecule has 2 heterocycles. The molecule has 0 spiro atoms. The van der Waals surface area contributed by atoms with E-state index in [9.17, 15) is 0 Å². The van der Waals surface area contributed by atoms with E-state index in [0.717, 1.165) is 0 Å². The van der Waals surface area contributed by atoms with E-state index >= 15 is 0 Å². The molecule has 2 unspecified atom stereocenters. The third-order valence-corrected chi connectivity index (χ3v) is 3.45. The molecule has 0 saturated carbocycles. The molecule has 2 saturated heterocycles. The van der Waals surface area contributed by atoms with Gasteiger partial charge in [0.25, 0.3) is 0 Å². The van der Waals surface area contributed by atoms with Crippen molar-refractivity contribution < 1.29 is 0 Å². The zero-order chi connectivity index (χ0) is 13.2. The first-order chi connectivity index (χ1) is 8.81. The summed E-state index contributed by atoms with van der Waals surface area (Å²) in [4.78, 5) is 2.38. The minimum absolute atomic E-state index is 0.579. The van der Waals surface area contributed by atoms with Gasteiger partial charge in [-0.2, -0.15) is 0 Å². The monoisotopic (exact) mass is 226 g/mol. The number of hydrogen-bond acceptors (Lipinski definition) is 1. The maximum absolute atomic E-state index is 2.38. The molecule has 0 bridgehead atoms. The molecular formula is C8H17B9N. The van der Waals surface area contributed by atoms with Crippen LogP contribution in [0.1, 0.15) is 20.8 Å². The first kappa shape index (κ1) is 16.6. The van der Waals surface area contributed by atoms with Crippen molar-refractivity contribution in [1.82, 2.24) is 4.90 Å². The molecule has 9 radical (unpaired) electrons. The largest absolute Gasteiger partial charge is 0.304 e. The fraction of sp³-hybridized carbons (Fsp3) is 1.00. The second kappa shape index (κ2) is 10.3. The first-order valence-corrected chi connectivity index (χ1v) is 7.07. The fourth-order valence-corrected chi connectivity index (χ4v) is 2.15. The van der Waals surface area contributed by atoms with E-state index < -0.39 is 0 Å². The molecule has 10 heteroatoms. The van der Waals surface area contributed by atoms with Gasteiger partial charge in [0.2, 0.25) is 0 Å². The van der Waals surface area contributed by atoms with Crippen LogP contribution in [0.2, 0.25) is 11.4 Å². The van der Waals surface area contributed by atoms with Crippen molar-refractivity contribution >= 4 is 64.0 Å². The van der Waals surface area contributed by atoms with E-state index in [0.29, 0.717) is 11.4 Å². The average molecular weight is 225 g/mol. The molecule has 0 aliphatic carbocycles. The molecule has 2 aliphatic heterocycles. The normalized spacial score (nSPS) is 24.0. The Kier molecular flexibility index (Phi) is 9.54. The van der Waals surface area contributed by atoms with Gasteiger partial charge in [0, 0.05) is 64.0 Å². The van der Waals surface area contributed by atoms with Crippen LogP contribution in [0, 0.1) is 0 Å². The summed E-state index contributed by atoms with van der Waals surface area (Å²) in [5.74, 6) is 0. The highest BCUT2D eigenvalue weighted by molar-refractivity contribution is 7.58. The van der Waals surface area contributed by atoms with Gasteiger partial charge >= 0.3 is 0 Å². The van der Waals surface area contributed by atoms with Gasteiger partial charge in [-0.25, -0.2) is 0 Å². The van der Waals surface area contributed by atoms with Crippen molar-refractivity contribution in [3.05, 3.63) is 0 Å². The number of fused-ring (bicyclic) bond motifs is 1. The van der Waals surface area contributed by atoms with Crippen molar-refractivity contribution in [2.24, 2.45) is 0 Å². The maximum Gasteiger partial charge on any atom is 0.0458 e. The van der Waals surface area contributed by atoms with E-state index in [-0.39, 0.29) is 0 Å². The van der Waals surface area contributed by atoms with Crippen molar-refractivity contribution in [2.75, 3.05) is 19.6 Å². The summed E-state index contributed by atoms with van der Waals surface area (Å²) in [5, 5.41) is 0. The van der Waals surface area contributed by atoms with Crippen molar-refractivity contribution in [3.8, 4) is 0 Å². The lowest BCUT2D eigenvalue weighted by Gasteiger charge is -2.29. The Balaban J connectivity index is 0.000000203. The summed E-state index contributed by atoms with van der Waals surface area (Å²) in [7, 11) is 19.5. The zero-order valence-corrected chi connectivity index (χ0v) is 11.9. The highest BCUT2D eigenvalue weighted by atomic mass is 15.1. The summed E-state index contributed by atoms with van der Waals surface area (Å²) < 4.78 is 0. The molecule has 1 nitrogen and oxygen atoms in total. The van der Waals surface area contributed by atoms with E-state index in [2.05, 4.69) is 89.7 Å². The first-order valence-electron chi connectivity index (χ1n) is 7.07.